The third-order valence-electron chi connectivity index (χ3n) is 12.7. The highest BCUT2D eigenvalue weighted by atomic mass is 16.7. The molecule has 0 amide bonds. The van der Waals surface area contributed by atoms with Crippen molar-refractivity contribution in [2.24, 2.45) is 0 Å². The molecular formula is C58H109NO8. The number of ether oxygens (including phenoxy) is 4. The minimum absolute atomic E-state index is 0.149. The van der Waals surface area contributed by atoms with Crippen LogP contribution in [0.15, 0.2) is 24.3 Å². The standard InChI is InChI=1S/C58H109NO8/c1-6-8-10-12-14-16-18-20-21-22-23-24-25-26-27-28-29-30-31-32-33-34-35-37-39-41-43-45-47-49-56(61)67-54(53-66-58(57(62)63)64-51-50-59(3,4)5)52-65-55(60)48-46-44-42-40-38-36-19-17-15-13-11-9-7-2/h17,19,22-23,54,58H,6-16,18,20-21,24-53H2,1-5H3/b19-17-,23-22-. The Kier molecular flexibility index (Phi) is 48.5. The molecule has 0 saturated carbocycles. The molecule has 0 spiro atoms. The van der Waals surface area contributed by atoms with Crippen molar-refractivity contribution in [2.45, 2.75) is 283 Å². The number of unbranched alkanes of at least 4 members (excludes halogenated alkanes) is 34. The van der Waals surface area contributed by atoms with Crippen LogP contribution in [-0.4, -0.2) is 82.3 Å². The van der Waals surface area contributed by atoms with Crippen molar-refractivity contribution >= 4 is 17.9 Å². The molecule has 0 aliphatic rings. The van der Waals surface area contributed by atoms with E-state index in [1.807, 2.05) is 21.1 Å². The largest absolute Gasteiger partial charge is 0.545 e. The van der Waals surface area contributed by atoms with Gasteiger partial charge in [-0.15, -0.1) is 0 Å². The molecule has 2 unspecified atom stereocenters. The van der Waals surface area contributed by atoms with Crippen LogP contribution in [0.5, 0.6) is 0 Å². The zero-order valence-electron chi connectivity index (χ0n) is 44.8. The Morgan fingerprint density at radius 1 is 0.433 bits per heavy atom. The lowest BCUT2D eigenvalue weighted by molar-refractivity contribution is -0.870. The summed E-state index contributed by atoms with van der Waals surface area (Å²) < 4.78 is 22.7. The number of aliphatic carboxylic acids is 1. The number of carboxylic acid groups (broad SMARTS) is 1. The summed E-state index contributed by atoms with van der Waals surface area (Å²) in [5, 5.41) is 11.7. The predicted molar refractivity (Wildman–Crippen MR) is 279 cm³/mol. The van der Waals surface area contributed by atoms with Crippen molar-refractivity contribution in [2.75, 3.05) is 47.5 Å². The monoisotopic (exact) mass is 948 g/mol. The molecule has 9 nitrogen and oxygen atoms in total. The van der Waals surface area contributed by atoms with Crippen LogP contribution in [0, 0.1) is 0 Å². The van der Waals surface area contributed by atoms with Crippen molar-refractivity contribution in [3.8, 4) is 0 Å². The summed E-state index contributed by atoms with van der Waals surface area (Å²) in [6.45, 7) is 4.75. The molecule has 0 aromatic heterocycles. The Hall–Kier alpha value is -2.23. The summed E-state index contributed by atoms with van der Waals surface area (Å²) in [4.78, 5) is 37.2. The van der Waals surface area contributed by atoms with Crippen LogP contribution in [0.25, 0.3) is 0 Å². The smallest absolute Gasteiger partial charge is 0.306 e. The van der Waals surface area contributed by atoms with Crippen LogP contribution >= 0.6 is 0 Å². The molecule has 0 aliphatic heterocycles. The van der Waals surface area contributed by atoms with Gasteiger partial charge in [-0.3, -0.25) is 9.59 Å². The van der Waals surface area contributed by atoms with Crippen LogP contribution in [-0.2, 0) is 33.3 Å². The van der Waals surface area contributed by atoms with Gasteiger partial charge in [0.25, 0.3) is 0 Å². The van der Waals surface area contributed by atoms with Gasteiger partial charge in [0.1, 0.15) is 13.2 Å². The van der Waals surface area contributed by atoms with Crippen molar-refractivity contribution in [3.05, 3.63) is 24.3 Å². The second-order valence-electron chi connectivity index (χ2n) is 20.6. The van der Waals surface area contributed by atoms with E-state index in [1.54, 1.807) is 0 Å². The molecular weight excluding hydrogens is 839 g/mol. The summed E-state index contributed by atoms with van der Waals surface area (Å²) in [5.74, 6) is -2.28. The molecule has 0 radical (unpaired) electrons. The number of nitrogens with zero attached hydrogens (tertiary/aromatic N) is 1. The van der Waals surface area contributed by atoms with E-state index in [2.05, 4.69) is 38.2 Å². The van der Waals surface area contributed by atoms with Crippen molar-refractivity contribution in [1.82, 2.24) is 0 Å². The Morgan fingerprint density at radius 3 is 1.12 bits per heavy atom. The molecule has 0 heterocycles. The topological polar surface area (TPSA) is 111 Å². The molecule has 0 aliphatic carbocycles. The van der Waals surface area contributed by atoms with Crippen molar-refractivity contribution in [3.63, 3.8) is 0 Å². The van der Waals surface area contributed by atoms with Gasteiger partial charge in [-0.05, 0) is 64.2 Å². The van der Waals surface area contributed by atoms with Crippen molar-refractivity contribution in [1.29, 1.82) is 0 Å². The minimum atomic E-state index is -1.62. The van der Waals surface area contributed by atoms with E-state index in [1.165, 1.54) is 186 Å². The molecule has 2 atom stereocenters. The maximum absolute atomic E-state index is 12.8. The van der Waals surface area contributed by atoms with Gasteiger partial charge in [0.2, 0.25) is 0 Å². The average Bonchev–Trinajstić information content (AvgIpc) is 3.29. The zero-order valence-corrected chi connectivity index (χ0v) is 44.8. The molecule has 0 bridgehead atoms. The van der Waals surface area contributed by atoms with E-state index in [0.717, 1.165) is 51.4 Å². The molecule has 0 aromatic rings. The lowest BCUT2D eigenvalue weighted by atomic mass is 10.0. The summed E-state index contributed by atoms with van der Waals surface area (Å²) in [7, 11) is 5.92. The molecule has 0 saturated heterocycles. The van der Waals surface area contributed by atoms with Crippen LogP contribution in [0.3, 0.4) is 0 Å². The normalized spacial score (nSPS) is 12.9. The van der Waals surface area contributed by atoms with Gasteiger partial charge in [0.15, 0.2) is 12.4 Å². The molecule has 0 fully saturated rings. The lowest BCUT2D eigenvalue weighted by Gasteiger charge is -2.26. The maximum atomic E-state index is 12.8. The molecule has 67 heavy (non-hydrogen) atoms. The van der Waals surface area contributed by atoms with E-state index in [0.29, 0.717) is 17.4 Å². The van der Waals surface area contributed by atoms with Crippen LogP contribution in [0.2, 0.25) is 0 Å². The van der Waals surface area contributed by atoms with Gasteiger partial charge in [-0.25, -0.2) is 0 Å². The number of allylic oxidation sites excluding steroid dienone is 4. The van der Waals surface area contributed by atoms with Gasteiger partial charge in [-0.2, -0.15) is 0 Å². The Bertz CT molecular complexity index is 1150. The first-order valence-corrected chi connectivity index (χ1v) is 28.5. The summed E-state index contributed by atoms with van der Waals surface area (Å²) in [5.41, 5.74) is 0. The van der Waals surface area contributed by atoms with Crippen LogP contribution in [0.4, 0.5) is 0 Å². The average molecular weight is 949 g/mol. The summed E-state index contributed by atoms with van der Waals surface area (Å²) >= 11 is 0. The van der Waals surface area contributed by atoms with Gasteiger partial charge in [-0.1, -0.05) is 218 Å². The lowest BCUT2D eigenvalue weighted by Crippen LogP contribution is -2.44. The van der Waals surface area contributed by atoms with E-state index < -0.39 is 24.3 Å². The summed E-state index contributed by atoms with van der Waals surface area (Å²) in [6.07, 6.45) is 55.2. The fourth-order valence-electron chi connectivity index (χ4n) is 8.23. The number of carboxylic acids is 1. The molecule has 394 valence electrons. The van der Waals surface area contributed by atoms with E-state index >= 15 is 0 Å². The zero-order chi connectivity index (χ0) is 49.2. The first-order valence-electron chi connectivity index (χ1n) is 28.5. The SMILES string of the molecule is CCCCCC/C=C\CCCCCCCC(=O)OCC(COC(OCC[N+](C)(C)C)C(=O)[O-])OC(=O)CCCCCCCCCCCCCCCCCCC/C=C\CCCCCCCCCC. The number of carbonyl (C=O) groups is 3. The van der Waals surface area contributed by atoms with Gasteiger partial charge in [0, 0.05) is 12.8 Å². The number of hydrogen-bond acceptors (Lipinski definition) is 8. The molecule has 0 N–H and O–H groups in total. The first kappa shape index (κ1) is 64.8. The van der Waals surface area contributed by atoms with Crippen molar-refractivity contribution < 1.29 is 42.9 Å². The fourth-order valence-corrected chi connectivity index (χ4v) is 8.23. The van der Waals surface area contributed by atoms with Crippen LogP contribution < -0.4 is 5.11 Å². The fraction of sp³-hybridized carbons (Fsp3) is 0.879. The number of carbonyl (C=O) groups excluding carboxylic acids is 3. The highest BCUT2D eigenvalue weighted by Crippen LogP contribution is 2.17. The molecule has 0 rings (SSSR count). The Balaban J connectivity index is 4.12. The number of quaternary nitrogens is 1. The number of rotatable bonds is 53. The summed E-state index contributed by atoms with van der Waals surface area (Å²) in [6, 6.07) is 0. The number of hydrogen-bond donors (Lipinski definition) is 0. The van der Waals surface area contributed by atoms with E-state index in [-0.39, 0.29) is 38.6 Å². The quantitative estimate of drug-likeness (QED) is 0.0195. The Labute approximate surface area is 414 Å². The number of esters is 2. The predicted octanol–water partition coefficient (Wildman–Crippen LogP) is 15.0. The molecule has 9 heteroatoms. The first-order chi connectivity index (χ1) is 32.6. The second-order valence-corrected chi connectivity index (χ2v) is 20.6. The Morgan fingerprint density at radius 2 is 0.761 bits per heavy atom. The third-order valence-corrected chi connectivity index (χ3v) is 12.7. The van der Waals surface area contributed by atoms with Gasteiger partial charge < -0.3 is 33.3 Å². The molecule has 0 aromatic carbocycles. The van der Waals surface area contributed by atoms with E-state index in [4.69, 9.17) is 18.9 Å². The minimum Gasteiger partial charge on any atom is -0.545 e. The van der Waals surface area contributed by atoms with Gasteiger partial charge >= 0.3 is 11.9 Å². The highest BCUT2D eigenvalue weighted by molar-refractivity contribution is 5.70. The van der Waals surface area contributed by atoms with E-state index in [9.17, 15) is 19.5 Å². The van der Waals surface area contributed by atoms with Gasteiger partial charge in [0.05, 0.1) is 40.3 Å². The third kappa shape index (κ3) is 51.4. The number of likely N-dealkylation sites (N-methyl/N-ethyl adjacent to an activating group) is 1. The van der Waals surface area contributed by atoms with Crippen LogP contribution in [0.1, 0.15) is 271 Å². The highest BCUT2D eigenvalue weighted by Gasteiger charge is 2.22. The second kappa shape index (κ2) is 50.2. The maximum Gasteiger partial charge on any atom is 0.306 e.